The molecule has 0 aromatic carbocycles. The van der Waals surface area contributed by atoms with E-state index in [1.165, 1.54) is 6.20 Å². The second kappa shape index (κ2) is 3.40. The summed E-state index contributed by atoms with van der Waals surface area (Å²) in [4.78, 5) is 3.66. The average molecular weight is 98.1 g/mol. The predicted molar refractivity (Wildman–Crippen MR) is 32.3 cm³/mol. The van der Waals surface area contributed by atoms with E-state index >= 15 is 0 Å². The Hall–Kier alpha value is -0.790. The highest BCUT2D eigenvalue weighted by atomic mass is 14.7. The lowest BCUT2D eigenvalue weighted by Crippen LogP contribution is -1.91. The molecule has 2 N–H and O–H groups in total. The molecule has 0 rings (SSSR count). The second-order valence-electron chi connectivity index (χ2n) is 1.31. The van der Waals surface area contributed by atoms with Gasteiger partial charge in [-0.25, -0.2) is 0 Å². The highest BCUT2D eigenvalue weighted by Gasteiger charge is 1.82. The fourth-order valence-electron chi connectivity index (χ4n) is 0.222. The van der Waals surface area contributed by atoms with E-state index in [4.69, 9.17) is 5.73 Å². The minimum absolute atomic E-state index is 0.157. The Balaban J connectivity index is 3.35. The van der Waals surface area contributed by atoms with Gasteiger partial charge in [-0.1, -0.05) is 0 Å². The first-order chi connectivity index (χ1) is 3.31. The molecule has 0 aliphatic rings. The van der Waals surface area contributed by atoms with Gasteiger partial charge in [0, 0.05) is 0 Å². The van der Waals surface area contributed by atoms with Gasteiger partial charge in [-0.2, -0.15) is 0 Å². The molecule has 2 nitrogen and oxygen atoms in total. The highest BCUT2D eigenvalue weighted by Crippen LogP contribution is 1.85. The first kappa shape index (κ1) is 6.21. The van der Waals surface area contributed by atoms with E-state index < -0.39 is 0 Å². The Morgan fingerprint density at radius 2 is 2.43 bits per heavy atom. The molecule has 0 aliphatic carbocycles. The summed E-state index contributed by atoms with van der Waals surface area (Å²) in [5.41, 5.74) is 5.04. The van der Waals surface area contributed by atoms with Crippen LogP contribution in [-0.4, -0.2) is 12.8 Å². The molecular weight excluding hydrogens is 88.1 g/mol. The van der Waals surface area contributed by atoms with Crippen molar-refractivity contribution < 1.29 is 0 Å². The lowest BCUT2D eigenvalue weighted by molar-refractivity contribution is 0.933. The van der Waals surface area contributed by atoms with Crippen LogP contribution in [0.3, 0.4) is 0 Å². The standard InChI is InChI=1S/C5H10N2/c1-5(7-2)3-4-6/h3-5H,2,6H2,1H3/b4-3+. The number of hydrogen-bond acceptors (Lipinski definition) is 2. The summed E-state index contributed by atoms with van der Waals surface area (Å²) >= 11 is 0. The third-order valence-corrected chi connectivity index (χ3v) is 0.678. The molecule has 0 aliphatic heterocycles. The van der Waals surface area contributed by atoms with Crippen molar-refractivity contribution in [1.82, 2.24) is 0 Å². The smallest absolute Gasteiger partial charge is 0.0661 e. The molecule has 40 valence electrons. The Kier molecular flexibility index (Phi) is 3.02. The SMILES string of the molecule is C=NC(C)/C=C/N. The highest BCUT2D eigenvalue weighted by molar-refractivity contribution is 5.25. The van der Waals surface area contributed by atoms with Crippen LogP contribution in [0.2, 0.25) is 0 Å². The van der Waals surface area contributed by atoms with E-state index in [0.717, 1.165) is 0 Å². The van der Waals surface area contributed by atoms with Crippen LogP contribution in [0.25, 0.3) is 0 Å². The third kappa shape index (κ3) is 3.03. The Labute approximate surface area is 43.7 Å². The number of hydrogen-bond donors (Lipinski definition) is 1. The molecule has 0 aromatic heterocycles. The summed E-state index contributed by atoms with van der Waals surface area (Å²) in [7, 11) is 0. The summed E-state index contributed by atoms with van der Waals surface area (Å²) in [5, 5.41) is 0. The second-order valence-corrected chi connectivity index (χ2v) is 1.31. The molecule has 0 fully saturated rings. The minimum atomic E-state index is 0.157. The van der Waals surface area contributed by atoms with Gasteiger partial charge in [0.15, 0.2) is 0 Å². The van der Waals surface area contributed by atoms with Gasteiger partial charge in [0.1, 0.15) is 0 Å². The van der Waals surface area contributed by atoms with Crippen LogP contribution < -0.4 is 5.73 Å². The van der Waals surface area contributed by atoms with Gasteiger partial charge >= 0.3 is 0 Å². The topological polar surface area (TPSA) is 38.4 Å². The van der Waals surface area contributed by atoms with E-state index in [2.05, 4.69) is 11.7 Å². The van der Waals surface area contributed by atoms with Crippen LogP contribution in [0.4, 0.5) is 0 Å². The van der Waals surface area contributed by atoms with Crippen LogP contribution in [0.15, 0.2) is 17.3 Å². The van der Waals surface area contributed by atoms with E-state index in [-0.39, 0.29) is 6.04 Å². The van der Waals surface area contributed by atoms with E-state index in [1.54, 1.807) is 6.08 Å². The quantitative estimate of drug-likeness (QED) is 0.503. The predicted octanol–water partition coefficient (Wildman–Crippen LogP) is 0.548. The Bertz CT molecular complexity index is 76.1. The molecule has 0 spiro atoms. The van der Waals surface area contributed by atoms with Crippen molar-refractivity contribution in [2.45, 2.75) is 13.0 Å². The van der Waals surface area contributed by atoms with Crippen molar-refractivity contribution in [2.24, 2.45) is 10.7 Å². The zero-order valence-electron chi connectivity index (χ0n) is 4.46. The Morgan fingerprint density at radius 1 is 1.86 bits per heavy atom. The molecule has 0 amide bonds. The fourth-order valence-corrected chi connectivity index (χ4v) is 0.222. The largest absolute Gasteiger partial charge is 0.405 e. The molecule has 2 heteroatoms. The van der Waals surface area contributed by atoms with Crippen molar-refractivity contribution in [1.29, 1.82) is 0 Å². The average Bonchev–Trinajstić information content (AvgIpc) is 1.68. The molecule has 7 heavy (non-hydrogen) atoms. The zero-order valence-corrected chi connectivity index (χ0v) is 4.46. The maximum Gasteiger partial charge on any atom is 0.0661 e. The van der Waals surface area contributed by atoms with Crippen LogP contribution in [-0.2, 0) is 0 Å². The van der Waals surface area contributed by atoms with Gasteiger partial charge in [0.2, 0.25) is 0 Å². The summed E-state index contributed by atoms with van der Waals surface area (Å²) in [6.45, 7) is 5.24. The number of aliphatic imine (C=N–C) groups is 1. The van der Waals surface area contributed by atoms with Crippen molar-refractivity contribution in [3.05, 3.63) is 12.3 Å². The van der Waals surface area contributed by atoms with Gasteiger partial charge in [-0.15, -0.1) is 0 Å². The van der Waals surface area contributed by atoms with Crippen molar-refractivity contribution in [3.8, 4) is 0 Å². The number of nitrogens with two attached hydrogens (primary N) is 1. The van der Waals surface area contributed by atoms with Gasteiger partial charge in [0.25, 0.3) is 0 Å². The fraction of sp³-hybridized carbons (Fsp3) is 0.400. The van der Waals surface area contributed by atoms with Gasteiger partial charge in [-0.3, -0.25) is 4.99 Å². The number of rotatable bonds is 2. The lowest BCUT2D eigenvalue weighted by atomic mass is 10.3. The maximum atomic E-state index is 5.04. The lowest BCUT2D eigenvalue weighted by Gasteiger charge is -1.90. The molecule has 0 heterocycles. The van der Waals surface area contributed by atoms with Gasteiger partial charge < -0.3 is 5.73 Å². The van der Waals surface area contributed by atoms with Crippen molar-refractivity contribution in [3.63, 3.8) is 0 Å². The summed E-state index contributed by atoms with van der Waals surface area (Å²) in [6, 6.07) is 0.157. The molecule has 0 saturated carbocycles. The normalized spacial score (nSPS) is 14.4. The molecule has 0 radical (unpaired) electrons. The maximum absolute atomic E-state index is 5.04. The zero-order chi connectivity index (χ0) is 5.70. The van der Waals surface area contributed by atoms with E-state index in [9.17, 15) is 0 Å². The molecule has 1 unspecified atom stereocenters. The molecule has 0 bridgehead atoms. The first-order valence-electron chi connectivity index (χ1n) is 2.15. The third-order valence-electron chi connectivity index (χ3n) is 0.678. The van der Waals surface area contributed by atoms with E-state index in [0.29, 0.717) is 0 Å². The monoisotopic (exact) mass is 98.1 g/mol. The van der Waals surface area contributed by atoms with Gasteiger partial charge in [0.05, 0.1) is 6.04 Å². The summed E-state index contributed by atoms with van der Waals surface area (Å²) < 4.78 is 0. The van der Waals surface area contributed by atoms with Gasteiger partial charge in [-0.05, 0) is 25.9 Å². The minimum Gasteiger partial charge on any atom is -0.405 e. The van der Waals surface area contributed by atoms with Crippen LogP contribution in [0.5, 0.6) is 0 Å². The summed E-state index contributed by atoms with van der Waals surface area (Å²) in [5.74, 6) is 0. The molecule has 1 atom stereocenters. The number of nitrogens with zero attached hydrogens (tertiary/aromatic N) is 1. The van der Waals surface area contributed by atoms with Crippen LogP contribution in [0, 0.1) is 0 Å². The van der Waals surface area contributed by atoms with Crippen molar-refractivity contribution in [2.75, 3.05) is 0 Å². The molecule has 0 aromatic rings. The summed E-state index contributed by atoms with van der Waals surface area (Å²) in [6.07, 6.45) is 3.24. The molecular formula is C5H10N2. The van der Waals surface area contributed by atoms with E-state index in [1.807, 2.05) is 6.92 Å². The Morgan fingerprint density at radius 3 is 2.57 bits per heavy atom. The van der Waals surface area contributed by atoms with Crippen LogP contribution in [0.1, 0.15) is 6.92 Å². The van der Waals surface area contributed by atoms with Crippen molar-refractivity contribution >= 4 is 6.72 Å². The van der Waals surface area contributed by atoms with Crippen LogP contribution >= 0.6 is 0 Å². The molecule has 0 saturated heterocycles. The first-order valence-corrected chi connectivity index (χ1v) is 2.15.